The number of carbonyl (C=O) groups is 1. The summed E-state index contributed by atoms with van der Waals surface area (Å²) in [4.78, 5) is 16.5. The Balaban J connectivity index is 1.86. The lowest BCUT2D eigenvalue weighted by atomic mass is 9.77. The van der Waals surface area contributed by atoms with E-state index in [0.717, 1.165) is 28.3 Å². The number of fused-ring (bicyclic) bond motifs is 2. The van der Waals surface area contributed by atoms with Gasteiger partial charge in [-0.2, -0.15) is 0 Å². The molecule has 0 unspecified atom stereocenters. The summed E-state index contributed by atoms with van der Waals surface area (Å²) in [5.74, 6) is -0.871. The molecule has 2 aliphatic rings. The maximum atomic E-state index is 12.6. The second-order valence-electron chi connectivity index (χ2n) is 7.52. The molecule has 1 aromatic carbocycles. The number of sulfonamides is 1. The van der Waals surface area contributed by atoms with Gasteiger partial charge in [0.05, 0.1) is 17.5 Å². The zero-order valence-electron chi connectivity index (χ0n) is 17.7. The molecule has 1 amide bonds. The fraction of sp³-hybridized carbons (Fsp3) is 0.381. The number of guanidine groups is 1. The first kappa shape index (κ1) is 23.5. The number of nitrogens with one attached hydrogen (secondary N) is 3. The molecule has 1 spiro atoms. The van der Waals surface area contributed by atoms with Crippen LogP contribution in [0.1, 0.15) is 24.0 Å². The van der Waals surface area contributed by atoms with E-state index in [4.69, 9.17) is 10.1 Å². The lowest BCUT2D eigenvalue weighted by Crippen LogP contribution is -2.63. The lowest BCUT2D eigenvalue weighted by molar-refractivity contribution is -0.110. The van der Waals surface area contributed by atoms with Crippen LogP contribution in [-0.4, -0.2) is 56.4 Å². The third-order valence-electron chi connectivity index (χ3n) is 5.44. The zero-order valence-corrected chi connectivity index (χ0v) is 18.5. The zero-order chi connectivity index (χ0) is 23.4. The molecule has 1 saturated heterocycles. The Morgan fingerprint density at radius 3 is 2.97 bits per heavy atom. The Morgan fingerprint density at radius 1 is 1.50 bits per heavy atom. The van der Waals surface area contributed by atoms with Gasteiger partial charge < -0.3 is 15.4 Å². The highest BCUT2D eigenvalue weighted by Gasteiger charge is 2.47. The van der Waals surface area contributed by atoms with Gasteiger partial charge in [-0.3, -0.25) is 10.2 Å². The normalized spacial score (nSPS) is 22.4. The molecule has 1 aliphatic carbocycles. The molecule has 0 radical (unpaired) electrons. The molecule has 1 atom stereocenters. The van der Waals surface area contributed by atoms with Gasteiger partial charge in [0.25, 0.3) is 5.91 Å². The fourth-order valence-electron chi connectivity index (χ4n) is 3.87. The van der Waals surface area contributed by atoms with Crippen LogP contribution < -0.4 is 10.6 Å². The van der Waals surface area contributed by atoms with E-state index in [1.54, 1.807) is 12.1 Å². The first-order chi connectivity index (χ1) is 15.2. The molecule has 172 valence electrons. The number of anilines is 1. The number of rotatable bonds is 7. The number of carbonyl (C=O) groups excluding carboxylic acids is 1. The third-order valence-corrected chi connectivity index (χ3v) is 7.32. The van der Waals surface area contributed by atoms with Gasteiger partial charge in [-0.25, -0.2) is 22.1 Å². The summed E-state index contributed by atoms with van der Waals surface area (Å²) in [5.41, 5.74) is 1.29. The topological polar surface area (TPSA) is 124 Å². The van der Waals surface area contributed by atoms with Crippen molar-refractivity contribution in [1.29, 1.82) is 5.41 Å². The average molecular weight is 464 g/mol. The van der Waals surface area contributed by atoms with Gasteiger partial charge in [0, 0.05) is 12.7 Å². The maximum Gasteiger partial charge on any atom is 0.274 e. The van der Waals surface area contributed by atoms with E-state index in [-0.39, 0.29) is 24.0 Å². The van der Waals surface area contributed by atoms with Gasteiger partial charge >= 0.3 is 0 Å². The van der Waals surface area contributed by atoms with Crippen molar-refractivity contribution in [3.63, 3.8) is 0 Å². The maximum absolute atomic E-state index is 12.6. The molecular formula is C21H26FN5O4S. The van der Waals surface area contributed by atoms with E-state index >= 15 is 0 Å². The second kappa shape index (κ2) is 9.51. The fourth-order valence-corrected chi connectivity index (χ4v) is 5.38. The van der Waals surface area contributed by atoms with Crippen molar-refractivity contribution >= 4 is 33.3 Å². The minimum Gasteiger partial charge on any atom is -0.497 e. The first-order valence-corrected chi connectivity index (χ1v) is 11.6. The van der Waals surface area contributed by atoms with E-state index in [1.807, 2.05) is 6.07 Å². The van der Waals surface area contributed by atoms with Crippen LogP contribution in [0, 0.1) is 5.41 Å². The van der Waals surface area contributed by atoms with Gasteiger partial charge in [0.15, 0.2) is 0 Å². The van der Waals surface area contributed by atoms with Gasteiger partial charge in [0.2, 0.25) is 16.0 Å². The Morgan fingerprint density at radius 2 is 2.28 bits per heavy atom. The number of nitrogens with zero attached hydrogens (tertiary/aromatic N) is 2. The second-order valence-corrected chi connectivity index (χ2v) is 9.52. The van der Waals surface area contributed by atoms with Gasteiger partial charge in [-0.05, 0) is 48.6 Å². The Labute approximate surface area is 186 Å². The van der Waals surface area contributed by atoms with E-state index in [9.17, 15) is 17.6 Å². The van der Waals surface area contributed by atoms with Crippen LogP contribution in [0.3, 0.4) is 0 Å². The highest BCUT2D eigenvalue weighted by Crippen LogP contribution is 2.40. The number of aryl methyl sites for hydroxylation is 1. The Kier molecular flexibility index (Phi) is 6.97. The van der Waals surface area contributed by atoms with Crippen LogP contribution in [0.2, 0.25) is 0 Å². The SMILES string of the molecule is C=C/C(=N\C=C\OCCF)C(=O)Nc1ccc2c(c1)[C@]1(CCC2)CS(=O)(=O)N(C)C(=N)N1. The summed E-state index contributed by atoms with van der Waals surface area (Å²) in [6.45, 7) is 2.85. The molecular weight excluding hydrogens is 437 g/mol. The monoisotopic (exact) mass is 463 g/mol. The summed E-state index contributed by atoms with van der Waals surface area (Å²) < 4.78 is 43.1. The largest absolute Gasteiger partial charge is 0.497 e. The molecule has 0 bridgehead atoms. The number of hydrogen-bond acceptors (Lipinski definition) is 6. The minimum absolute atomic E-state index is 0.0271. The van der Waals surface area contributed by atoms with Crippen molar-refractivity contribution in [2.45, 2.75) is 24.8 Å². The standard InChI is InChI=1S/C21H26FN5O4S/c1-3-18(24-10-12-31-11-9-22)19(28)25-16-7-6-15-5-4-8-21(17(15)13-16)14-32(29,30)27(2)20(23)26-21/h3,6-7,10,12-13H,1,4-5,8-9,11,14H2,2H3,(H2,23,26)(H,25,28)/b12-10+,24-18+/t21-/m0/s1. The van der Waals surface area contributed by atoms with E-state index < -0.39 is 28.1 Å². The molecule has 0 aromatic heterocycles. The van der Waals surface area contributed by atoms with Gasteiger partial charge in [-0.15, -0.1) is 0 Å². The average Bonchev–Trinajstić information content (AvgIpc) is 2.75. The predicted octanol–water partition coefficient (Wildman–Crippen LogP) is 2.04. The summed E-state index contributed by atoms with van der Waals surface area (Å²) in [6.07, 6.45) is 5.80. The van der Waals surface area contributed by atoms with Crippen LogP contribution in [-0.2, 0) is 31.5 Å². The van der Waals surface area contributed by atoms with Crippen molar-refractivity contribution < 1.29 is 22.3 Å². The van der Waals surface area contributed by atoms with Crippen molar-refractivity contribution in [2.24, 2.45) is 4.99 Å². The highest BCUT2D eigenvalue weighted by molar-refractivity contribution is 7.89. The first-order valence-electron chi connectivity index (χ1n) is 10.0. The van der Waals surface area contributed by atoms with E-state index in [0.29, 0.717) is 12.1 Å². The number of aliphatic imine (C=N–C) groups is 1. The molecule has 9 nitrogen and oxygen atoms in total. The molecule has 1 aromatic rings. The van der Waals surface area contributed by atoms with Crippen molar-refractivity contribution in [3.05, 3.63) is 54.4 Å². The molecule has 3 N–H and O–H groups in total. The molecule has 0 saturated carbocycles. The molecule has 11 heteroatoms. The van der Waals surface area contributed by atoms with E-state index in [2.05, 4.69) is 22.2 Å². The molecule has 3 rings (SSSR count). The molecule has 1 heterocycles. The number of hydrogen-bond donors (Lipinski definition) is 3. The summed E-state index contributed by atoms with van der Waals surface area (Å²) >= 11 is 0. The number of benzene rings is 1. The van der Waals surface area contributed by atoms with Crippen LogP contribution >= 0.6 is 0 Å². The third kappa shape index (κ3) is 4.82. The number of alkyl halides is 1. The molecule has 32 heavy (non-hydrogen) atoms. The van der Waals surface area contributed by atoms with Gasteiger partial charge in [0.1, 0.15) is 25.3 Å². The van der Waals surface area contributed by atoms with Crippen LogP contribution in [0.4, 0.5) is 10.1 Å². The van der Waals surface area contributed by atoms with Gasteiger partial charge in [-0.1, -0.05) is 12.6 Å². The number of ether oxygens (including phenoxy) is 1. The van der Waals surface area contributed by atoms with Crippen molar-refractivity contribution in [1.82, 2.24) is 9.62 Å². The van der Waals surface area contributed by atoms with Crippen LogP contribution in [0.5, 0.6) is 0 Å². The minimum atomic E-state index is -3.65. The lowest BCUT2D eigenvalue weighted by Gasteiger charge is -2.45. The van der Waals surface area contributed by atoms with E-state index in [1.165, 1.54) is 25.6 Å². The van der Waals surface area contributed by atoms with Crippen LogP contribution in [0.15, 0.2) is 48.3 Å². The quantitative estimate of drug-likeness (QED) is 0.324. The summed E-state index contributed by atoms with van der Waals surface area (Å²) in [5, 5.41) is 13.9. The summed E-state index contributed by atoms with van der Waals surface area (Å²) in [7, 11) is -2.30. The Bertz CT molecular complexity index is 1090. The molecule has 1 fully saturated rings. The predicted molar refractivity (Wildman–Crippen MR) is 121 cm³/mol. The molecule has 1 aliphatic heterocycles. The smallest absolute Gasteiger partial charge is 0.274 e. The number of amides is 1. The Hall–Kier alpha value is -3.21. The van der Waals surface area contributed by atoms with Crippen molar-refractivity contribution in [2.75, 3.05) is 31.4 Å². The highest BCUT2D eigenvalue weighted by atomic mass is 32.2. The van der Waals surface area contributed by atoms with Crippen LogP contribution in [0.25, 0.3) is 0 Å². The van der Waals surface area contributed by atoms with Crippen molar-refractivity contribution in [3.8, 4) is 0 Å². The summed E-state index contributed by atoms with van der Waals surface area (Å²) in [6, 6.07) is 5.34. The number of halogens is 1.